The van der Waals surface area contributed by atoms with E-state index in [1.54, 1.807) is 4.70 Å². The third kappa shape index (κ3) is 84.3. The summed E-state index contributed by atoms with van der Waals surface area (Å²) in [5, 5.41) is 0. The van der Waals surface area contributed by atoms with Gasteiger partial charge in [-0.2, -0.15) is 12.8 Å². The molecule has 2 nitrogen and oxygen atoms in total. The summed E-state index contributed by atoms with van der Waals surface area (Å²) in [5.41, 5.74) is 23.9. The molecule has 746 valence electrons. The molecule has 2 aromatic carbocycles. The van der Waals surface area contributed by atoms with Crippen LogP contribution in [0.2, 0.25) is 0 Å². The summed E-state index contributed by atoms with van der Waals surface area (Å²) in [6.07, 6.45) is 141. The van der Waals surface area contributed by atoms with Crippen LogP contribution in [0.15, 0.2) is 48.0 Å². The maximum Gasteiger partial charge on any atom is 2.00 e. The van der Waals surface area contributed by atoms with Gasteiger partial charge in [0.2, 0.25) is 11.4 Å². The molecular formula is C124H230N2Ni. The molecule has 1 aliphatic rings. The number of aryl methyl sites for hydroxylation is 4. The van der Waals surface area contributed by atoms with Gasteiger partial charge in [0.05, 0.1) is 0 Å². The summed E-state index contributed by atoms with van der Waals surface area (Å²) in [7, 11) is 0. The molecule has 0 bridgehead atoms. The molecule has 2 aromatic rings. The van der Waals surface area contributed by atoms with E-state index < -0.39 is 0 Å². The Morgan fingerprint density at radius 3 is 0.512 bits per heavy atom. The molecule has 0 saturated carbocycles. The molecule has 0 aliphatic carbocycles. The van der Waals surface area contributed by atoms with Crippen molar-refractivity contribution >= 4 is 11.4 Å². The molecule has 3 heteroatoms. The normalized spacial score (nSPS) is 12.1. The van der Waals surface area contributed by atoms with E-state index in [0.29, 0.717) is 0 Å². The van der Waals surface area contributed by atoms with Crippen LogP contribution in [0.1, 0.15) is 692 Å². The van der Waals surface area contributed by atoms with Crippen LogP contribution >= 0.6 is 0 Å². The molecule has 0 aromatic heterocycles. The molecule has 0 fully saturated rings. The molecule has 127 heavy (non-hydrogen) atoms. The summed E-state index contributed by atoms with van der Waals surface area (Å²) in [4.78, 5) is 0. The van der Waals surface area contributed by atoms with Crippen molar-refractivity contribution in [1.82, 2.24) is 0 Å². The van der Waals surface area contributed by atoms with Gasteiger partial charge < -0.3 is 19.4 Å². The minimum Gasteiger partial charge on any atom is -0.493 e. The summed E-state index contributed by atoms with van der Waals surface area (Å²) in [6.45, 7) is 23.9. The Kier molecular flexibility index (Phi) is 103. The van der Waals surface area contributed by atoms with E-state index in [9.17, 15) is 5.53 Å². The fourth-order valence-corrected chi connectivity index (χ4v) is 19.9. The van der Waals surface area contributed by atoms with Gasteiger partial charge in [0.15, 0.2) is 0 Å². The van der Waals surface area contributed by atoms with E-state index >= 15 is 0 Å². The molecule has 0 spiro atoms. The van der Waals surface area contributed by atoms with Crippen molar-refractivity contribution in [3.05, 3.63) is 101 Å². The van der Waals surface area contributed by atoms with Gasteiger partial charge in [-0.1, -0.05) is 619 Å². The summed E-state index contributed by atoms with van der Waals surface area (Å²) in [6, 6.07) is 14.7. The zero-order valence-corrected chi connectivity index (χ0v) is 89.2. The summed E-state index contributed by atoms with van der Waals surface area (Å²) < 4.78 is 1.61. The largest absolute Gasteiger partial charge is 2.00 e. The maximum absolute atomic E-state index is 12.4. The Bertz CT molecular complexity index is 2470. The summed E-state index contributed by atoms with van der Waals surface area (Å²) >= 11 is 0. The number of unbranched alkanes of at least 4 members (excludes halogenated alkanes) is 87. The second-order valence-corrected chi connectivity index (χ2v) is 41.3. The SMILES string of the molecule is CCCCCCCCCCCCCCCCCCCCCCCCCCc1cc(CCCC)cc(C2=CC(CCCC)=C(c3cc(CCCC)cc(CCCCCCCCCCCCCCCCCCCCCCCCCC)c3)[N+]2=[N-])c1.[CH2-]CCCCCCCCCCCCCCCCCCCCC.[CH2-]CCCCCCCCCCCCCCCCCCCCC.[Ni+2]. The molecule has 0 saturated heterocycles. The molecule has 3 rings (SSSR count). The number of hydrogen-bond donors (Lipinski definition) is 0. The van der Waals surface area contributed by atoms with Crippen LogP contribution < -0.4 is 0 Å². The van der Waals surface area contributed by atoms with Gasteiger partial charge in [-0.3, -0.25) is 0 Å². The second-order valence-electron chi connectivity index (χ2n) is 41.3. The third-order valence-electron chi connectivity index (χ3n) is 28.5. The molecular weight excluding hydrogens is 1580 g/mol. The smallest absolute Gasteiger partial charge is 0.493 e. The second kappa shape index (κ2) is 104. The monoisotopic (exact) mass is 1810 g/mol. The summed E-state index contributed by atoms with van der Waals surface area (Å²) in [5.74, 6) is 0. The van der Waals surface area contributed by atoms with E-state index in [2.05, 4.69) is 105 Å². The van der Waals surface area contributed by atoms with Crippen molar-refractivity contribution in [2.24, 2.45) is 0 Å². The minimum atomic E-state index is 0. The predicted octanol–water partition coefficient (Wildman–Crippen LogP) is 45.5. The molecule has 1 heterocycles. The number of rotatable bonds is 99. The Morgan fingerprint density at radius 1 is 0.181 bits per heavy atom. The van der Waals surface area contributed by atoms with Crippen LogP contribution in [-0.2, 0) is 42.2 Å². The fraction of sp³-hybridized carbons (Fsp3) is 0.855. The van der Waals surface area contributed by atoms with Crippen molar-refractivity contribution in [2.45, 2.75) is 684 Å². The quantitative estimate of drug-likeness (QED) is 0.0273. The fourth-order valence-electron chi connectivity index (χ4n) is 19.9. The topological polar surface area (TPSA) is 25.3 Å². The Hall–Kier alpha value is -1.99. The van der Waals surface area contributed by atoms with Gasteiger partial charge in [0.1, 0.15) is 0 Å². The maximum atomic E-state index is 12.4. The number of benzene rings is 2. The van der Waals surface area contributed by atoms with Crippen LogP contribution in [0.4, 0.5) is 0 Å². The number of nitrogens with zero attached hydrogens (tertiary/aromatic N) is 2. The zero-order chi connectivity index (χ0) is 90.7. The van der Waals surface area contributed by atoms with E-state index in [0.717, 1.165) is 69.2 Å². The molecule has 0 atom stereocenters. The van der Waals surface area contributed by atoms with E-state index in [1.165, 1.54) is 617 Å². The van der Waals surface area contributed by atoms with Gasteiger partial charge in [0.25, 0.3) is 0 Å². The standard InChI is InChI=1S/C80H140N2.2C22H45.Ni/c1-6-11-16-18-20-22-24-26-28-30-32-34-36-38-40-42-44-46-48-50-52-54-56-58-62-74-65-72(60-13-8-3)67-77(68-74)79-71-76(64-15-10-5)80(82(79)81)78-69-73(61-14-9-4)66-75(70-78)63-59-57-55-53-51-49-47-45-43-41-39-37-35-33-31-29-27-25-23-21-19-17-12-7-2;2*1-3-5-7-9-11-13-15-17-19-21-22-20-18-16-14-12-10-8-6-4-2;/h65-71H,6-64H2,1-5H3;2*1,3-22H2,2H3;/q;2*-1;+2. The van der Waals surface area contributed by atoms with Crippen LogP contribution in [-0.4, -0.2) is 4.70 Å². The molecule has 0 unspecified atom stereocenters. The van der Waals surface area contributed by atoms with E-state index in [1.807, 2.05) is 0 Å². The van der Waals surface area contributed by atoms with Crippen LogP contribution in [0.3, 0.4) is 0 Å². The first-order valence-corrected chi connectivity index (χ1v) is 59.2. The minimum absolute atomic E-state index is 0. The van der Waals surface area contributed by atoms with Crippen molar-refractivity contribution in [3.63, 3.8) is 0 Å². The number of hydrogen-bond acceptors (Lipinski definition) is 0. The predicted molar refractivity (Wildman–Crippen MR) is 575 cm³/mol. The van der Waals surface area contributed by atoms with Crippen molar-refractivity contribution in [1.29, 1.82) is 0 Å². The molecule has 1 aliphatic heterocycles. The molecule has 0 N–H and O–H groups in total. The van der Waals surface area contributed by atoms with Crippen molar-refractivity contribution in [3.8, 4) is 0 Å². The number of allylic oxidation sites excluding steroid dienone is 2. The van der Waals surface area contributed by atoms with Crippen molar-refractivity contribution < 1.29 is 21.2 Å². The van der Waals surface area contributed by atoms with Gasteiger partial charge in [0, 0.05) is 22.8 Å². The van der Waals surface area contributed by atoms with Gasteiger partial charge >= 0.3 is 16.5 Å². The first-order chi connectivity index (χ1) is 62.4. The first kappa shape index (κ1) is 125. The van der Waals surface area contributed by atoms with Gasteiger partial charge in [-0.25, -0.2) is 4.70 Å². The van der Waals surface area contributed by atoms with Gasteiger partial charge in [-0.05, 0) is 111 Å². The van der Waals surface area contributed by atoms with Crippen molar-refractivity contribution in [2.75, 3.05) is 0 Å². The van der Waals surface area contributed by atoms with Crippen LogP contribution in [0, 0.1) is 13.8 Å². The average Bonchev–Trinajstić information content (AvgIpc) is 1.63. The Labute approximate surface area is 811 Å². The van der Waals surface area contributed by atoms with Gasteiger partial charge in [-0.15, -0.1) is 0 Å². The van der Waals surface area contributed by atoms with Crippen LogP contribution in [0.5, 0.6) is 0 Å². The van der Waals surface area contributed by atoms with E-state index in [4.69, 9.17) is 0 Å². The first-order valence-electron chi connectivity index (χ1n) is 59.2. The Morgan fingerprint density at radius 2 is 0.331 bits per heavy atom. The third-order valence-corrected chi connectivity index (χ3v) is 28.5. The zero-order valence-electron chi connectivity index (χ0n) is 88.2. The Balaban J connectivity index is 0.00000286. The average molecular weight is 1810 g/mol. The molecule has 0 radical (unpaired) electrons. The molecule has 0 amide bonds. The van der Waals surface area contributed by atoms with Crippen LogP contribution in [0.25, 0.3) is 16.9 Å². The van der Waals surface area contributed by atoms with E-state index in [-0.39, 0.29) is 16.5 Å².